The predicted molar refractivity (Wildman–Crippen MR) is 134 cm³/mol. The Morgan fingerprint density at radius 3 is 2.00 bits per heavy atom. The second-order valence-corrected chi connectivity index (χ2v) is 15.3. The fourth-order valence-corrected chi connectivity index (χ4v) is 11.1. The SMILES string of the molecule is CC(C)(O)[C@@H]1CC[C@](C)([C@H]2CC[C@]3(C)[C@@H]2CC[C@H]2[C@@]4(C)CC[C@@H](O)C(C)(C)[C@@H]4CC[C@]23C)O1. The van der Waals surface area contributed by atoms with Gasteiger partial charge in [-0.2, -0.15) is 0 Å². The van der Waals surface area contributed by atoms with Crippen LogP contribution in [0.4, 0.5) is 0 Å². The van der Waals surface area contributed by atoms with Crippen LogP contribution in [0.3, 0.4) is 0 Å². The lowest BCUT2D eigenvalue weighted by Gasteiger charge is -2.70. The van der Waals surface area contributed by atoms with E-state index < -0.39 is 5.60 Å². The van der Waals surface area contributed by atoms with Crippen molar-refractivity contribution in [3.63, 3.8) is 0 Å². The molecule has 0 bridgehead atoms. The summed E-state index contributed by atoms with van der Waals surface area (Å²) in [6.07, 6.45) is 11.9. The number of hydrogen-bond donors (Lipinski definition) is 2. The first-order valence-corrected chi connectivity index (χ1v) is 14.2. The molecule has 1 heterocycles. The zero-order valence-corrected chi connectivity index (χ0v) is 22.8. The van der Waals surface area contributed by atoms with E-state index in [9.17, 15) is 10.2 Å². The molecule has 190 valence electrons. The van der Waals surface area contributed by atoms with Crippen LogP contribution in [-0.4, -0.2) is 33.6 Å². The lowest BCUT2D eigenvalue weighted by Crippen LogP contribution is -2.64. The van der Waals surface area contributed by atoms with Gasteiger partial charge in [-0.3, -0.25) is 0 Å². The van der Waals surface area contributed by atoms with Gasteiger partial charge in [0.25, 0.3) is 0 Å². The van der Waals surface area contributed by atoms with E-state index in [4.69, 9.17) is 4.74 Å². The summed E-state index contributed by atoms with van der Waals surface area (Å²) >= 11 is 0. The average Bonchev–Trinajstić information content (AvgIpc) is 3.27. The van der Waals surface area contributed by atoms with Gasteiger partial charge in [0.15, 0.2) is 0 Å². The smallest absolute Gasteiger partial charge is 0.0865 e. The highest BCUT2D eigenvalue weighted by Gasteiger charge is 2.70. The van der Waals surface area contributed by atoms with Crippen LogP contribution in [0.5, 0.6) is 0 Å². The quantitative estimate of drug-likeness (QED) is 0.480. The highest BCUT2D eigenvalue weighted by molar-refractivity contribution is 5.18. The number of aliphatic hydroxyl groups is 2. The van der Waals surface area contributed by atoms with Crippen molar-refractivity contribution in [2.24, 2.45) is 45.3 Å². The van der Waals surface area contributed by atoms with Crippen LogP contribution in [0.15, 0.2) is 0 Å². The molecule has 0 aromatic heterocycles. The van der Waals surface area contributed by atoms with Crippen LogP contribution >= 0.6 is 0 Å². The molecular weight excluding hydrogens is 408 g/mol. The molecule has 2 N–H and O–H groups in total. The molecule has 5 rings (SSSR count). The molecule has 3 nitrogen and oxygen atoms in total. The predicted octanol–water partition coefficient (Wildman–Crippen LogP) is 6.74. The van der Waals surface area contributed by atoms with Gasteiger partial charge in [-0.05, 0) is 130 Å². The van der Waals surface area contributed by atoms with E-state index >= 15 is 0 Å². The van der Waals surface area contributed by atoms with Crippen molar-refractivity contribution >= 4 is 0 Å². The summed E-state index contributed by atoms with van der Waals surface area (Å²) in [6.45, 7) is 18.8. The number of fused-ring (bicyclic) bond motifs is 5. The van der Waals surface area contributed by atoms with Crippen molar-refractivity contribution in [2.75, 3.05) is 0 Å². The molecule has 4 aliphatic carbocycles. The summed E-state index contributed by atoms with van der Waals surface area (Å²) in [7, 11) is 0. The molecule has 5 aliphatic rings. The minimum atomic E-state index is -0.755. The molecule has 0 radical (unpaired) electrons. The van der Waals surface area contributed by atoms with Crippen LogP contribution in [-0.2, 0) is 4.74 Å². The second-order valence-electron chi connectivity index (χ2n) is 15.3. The number of rotatable bonds is 2. The Labute approximate surface area is 203 Å². The number of aliphatic hydroxyl groups excluding tert-OH is 1. The molecule has 3 heteroatoms. The molecule has 33 heavy (non-hydrogen) atoms. The van der Waals surface area contributed by atoms with E-state index in [2.05, 4.69) is 41.5 Å². The Kier molecular flexibility index (Phi) is 5.38. The highest BCUT2D eigenvalue weighted by Crippen LogP contribution is 2.76. The first-order valence-electron chi connectivity index (χ1n) is 14.2. The van der Waals surface area contributed by atoms with Crippen molar-refractivity contribution in [1.29, 1.82) is 0 Å². The van der Waals surface area contributed by atoms with E-state index in [0.717, 1.165) is 31.1 Å². The molecule has 0 unspecified atom stereocenters. The largest absolute Gasteiger partial charge is 0.393 e. The van der Waals surface area contributed by atoms with Crippen LogP contribution in [0.25, 0.3) is 0 Å². The van der Waals surface area contributed by atoms with E-state index in [1.165, 1.54) is 44.9 Å². The Hall–Kier alpha value is -0.120. The lowest BCUT2D eigenvalue weighted by atomic mass is 9.35. The molecule has 0 aromatic rings. The topological polar surface area (TPSA) is 49.7 Å². The van der Waals surface area contributed by atoms with E-state index in [0.29, 0.717) is 28.1 Å². The highest BCUT2D eigenvalue weighted by atomic mass is 16.5. The van der Waals surface area contributed by atoms with Crippen molar-refractivity contribution in [3.8, 4) is 0 Å². The number of ether oxygens (including phenoxy) is 1. The van der Waals surface area contributed by atoms with Crippen LogP contribution in [0.1, 0.15) is 120 Å². The summed E-state index contributed by atoms with van der Waals surface area (Å²) < 4.78 is 6.73. The lowest BCUT2D eigenvalue weighted by molar-refractivity contribution is -0.227. The molecule has 1 saturated heterocycles. The molecule has 0 spiro atoms. The average molecular weight is 461 g/mol. The van der Waals surface area contributed by atoms with Crippen LogP contribution < -0.4 is 0 Å². The van der Waals surface area contributed by atoms with Gasteiger partial charge in [0.2, 0.25) is 0 Å². The Bertz CT molecular complexity index is 784. The maximum absolute atomic E-state index is 10.9. The van der Waals surface area contributed by atoms with Gasteiger partial charge in [0.05, 0.1) is 23.4 Å². The van der Waals surface area contributed by atoms with Gasteiger partial charge < -0.3 is 14.9 Å². The second kappa shape index (κ2) is 7.22. The van der Waals surface area contributed by atoms with Crippen molar-refractivity contribution < 1.29 is 14.9 Å². The molecule has 0 amide bonds. The molecular formula is C30H52O3. The molecule has 0 aromatic carbocycles. The molecule has 4 saturated carbocycles. The molecule has 10 atom stereocenters. The van der Waals surface area contributed by atoms with Crippen LogP contribution in [0, 0.1) is 45.3 Å². The fourth-order valence-electron chi connectivity index (χ4n) is 11.1. The zero-order chi connectivity index (χ0) is 24.2. The summed E-state index contributed by atoms with van der Waals surface area (Å²) in [5, 5.41) is 21.5. The minimum absolute atomic E-state index is 0.0293. The van der Waals surface area contributed by atoms with Crippen molar-refractivity contribution in [3.05, 3.63) is 0 Å². The van der Waals surface area contributed by atoms with Gasteiger partial charge in [0.1, 0.15) is 0 Å². The fraction of sp³-hybridized carbons (Fsp3) is 1.00. The van der Waals surface area contributed by atoms with Gasteiger partial charge in [-0.15, -0.1) is 0 Å². The van der Waals surface area contributed by atoms with E-state index in [1.807, 2.05) is 13.8 Å². The Morgan fingerprint density at radius 1 is 0.697 bits per heavy atom. The maximum Gasteiger partial charge on any atom is 0.0865 e. The van der Waals surface area contributed by atoms with E-state index in [-0.39, 0.29) is 23.2 Å². The monoisotopic (exact) mass is 460 g/mol. The Morgan fingerprint density at radius 2 is 1.36 bits per heavy atom. The summed E-state index contributed by atoms with van der Waals surface area (Å²) in [6, 6.07) is 0. The first kappa shape index (κ1) is 24.6. The van der Waals surface area contributed by atoms with Crippen molar-refractivity contribution in [1.82, 2.24) is 0 Å². The van der Waals surface area contributed by atoms with Gasteiger partial charge in [-0.1, -0.05) is 34.6 Å². The maximum atomic E-state index is 10.9. The standard InChI is InChI=1S/C30H52O3/c1-25(2)21-12-17-29(7)22(27(21,5)15-13-23(25)31)10-9-19-20(11-16-28(19,29)6)30(8)18-14-24(33-30)26(3,4)32/h19-24,31-32H,9-18H2,1-8H3/t19-,20+,21+,22+,23-,24+,27+,28-,29-,30-/m1/s1. The summed E-state index contributed by atoms with van der Waals surface area (Å²) in [5.41, 5.74) is 0.277. The third-order valence-electron chi connectivity index (χ3n) is 13.3. The van der Waals surface area contributed by atoms with Crippen LogP contribution in [0.2, 0.25) is 0 Å². The zero-order valence-electron chi connectivity index (χ0n) is 22.8. The van der Waals surface area contributed by atoms with Gasteiger partial charge >= 0.3 is 0 Å². The van der Waals surface area contributed by atoms with Gasteiger partial charge in [0, 0.05) is 0 Å². The summed E-state index contributed by atoms with van der Waals surface area (Å²) in [5.74, 6) is 2.73. The first-order chi connectivity index (χ1) is 15.1. The minimum Gasteiger partial charge on any atom is -0.393 e. The third kappa shape index (κ3) is 3.16. The Balaban J connectivity index is 1.44. The van der Waals surface area contributed by atoms with E-state index in [1.54, 1.807) is 0 Å². The van der Waals surface area contributed by atoms with Gasteiger partial charge in [-0.25, -0.2) is 0 Å². The normalized spacial score (nSPS) is 56.2. The third-order valence-corrected chi connectivity index (χ3v) is 13.3. The molecule has 1 aliphatic heterocycles. The number of hydrogen-bond acceptors (Lipinski definition) is 3. The van der Waals surface area contributed by atoms with Crippen molar-refractivity contribution in [2.45, 2.75) is 143 Å². The summed E-state index contributed by atoms with van der Waals surface area (Å²) in [4.78, 5) is 0. The molecule has 5 fully saturated rings.